The molecule has 1 amide bonds. The molecule has 94 valence electrons. The number of benzene rings is 1. The van der Waals surface area contributed by atoms with Crippen LogP contribution < -0.4 is 0 Å². The standard InChI is InChI=1S/C13H19NO3/c1-4-5-9(2)14(3)13(17)11-7-6-10(15)8-12(11)16/h6-9,15-16H,4-5H2,1-3H3. The maximum absolute atomic E-state index is 12.1. The lowest BCUT2D eigenvalue weighted by Gasteiger charge is -2.25. The molecule has 0 radical (unpaired) electrons. The molecule has 4 nitrogen and oxygen atoms in total. The maximum atomic E-state index is 12.1. The van der Waals surface area contributed by atoms with Crippen molar-refractivity contribution in [2.45, 2.75) is 32.7 Å². The molecule has 1 aromatic carbocycles. The van der Waals surface area contributed by atoms with Gasteiger partial charge < -0.3 is 15.1 Å². The summed E-state index contributed by atoms with van der Waals surface area (Å²) >= 11 is 0. The number of hydrogen-bond acceptors (Lipinski definition) is 3. The lowest BCUT2D eigenvalue weighted by molar-refractivity contribution is 0.0733. The molecule has 0 heterocycles. The minimum Gasteiger partial charge on any atom is -0.508 e. The third-order valence-corrected chi connectivity index (χ3v) is 2.90. The van der Waals surface area contributed by atoms with Crippen LogP contribution in [0.1, 0.15) is 37.0 Å². The van der Waals surface area contributed by atoms with Crippen molar-refractivity contribution in [3.05, 3.63) is 23.8 Å². The molecular formula is C13H19NO3. The van der Waals surface area contributed by atoms with Crippen molar-refractivity contribution in [2.24, 2.45) is 0 Å². The van der Waals surface area contributed by atoms with Crippen LogP contribution in [0.4, 0.5) is 0 Å². The summed E-state index contributed by atoms with van der Waals surface area (Å²) in [5, 5.41) is 18.8. The number of aromatic hydroxyl groups is 2. The second kappa shape index (κ2) is 5.57. The fourth-order valence-corrected chi connectivity index (χ4v) is 1.70. The van der Waals surface area contributed by atoms with E-state index >= 15 is 0 Å². The highest BCUT2D eigenvalue weighted by Gasteiger charge is 2.19. The largest absolute Gasteiger partial charge is 0.508 e. The van der Waals surface area contributed by atoms with Gasteiger partial charge in [-0.3, -0.25) is 4.79 Å². The topological polar surface area (TPSA) is 60.8 Å². The van der Waals surface area contributed by atoms with E-state index in [9.17, 15) is 9.90 Å². The normalized spacial score (nSPS) is 12.2. The van der Waals surface area contributed by atoms with Crippen LogP contribution in [0.25, 0.3) is 0 Å². The van der Waals surface area contributed by atoms with Crippen molar-refractivity contribution in [1.82, 2.24) is 4.90 Å². The van der Waals surface area contributed by atoms with Gasteiger partial charge in [-0.1, -0.05) is 13.3 Å². The molecule has 0 saturated carbocycles. The van der Waals surface area contributed by atoms with Gasteiger partial charge in [-0.25, -0.2) is 0 Å². The van der Waals surface area contributed by atoms with Crippen molar-refractivity contribution in [1.29, 1.82) is 0 Å². The van der Waals surface area contributed by atoms with Gasteiger partial charge in [0.2, 0.25) is 0 Å². The number of carbonyl (C=O) groups excluding carboxylic acids is 1. The van der Waals surface area contributed by atoms with Crippen LogP contribution in [-0.2, 0) is 0 Å². The number of carbonyl (C=O) groups is 1. The van der Waals surface area contributed by atoms with E-state index in [-0.39, 0.29) is 29.0 Å². The molecule has 0 saturated heterocycles. The molecule has 0 bridgehead atoms. The minimum absolute atomic E-state index is 0.0525. The summed E-state index contributed by atoms with van der Waals surface area (Å²) in [7, 11) is 1.72. The Kier molecular flexibility index (Phi) is 4.37. The first-order chi connectivity index (χ1) is 7.97. The Labute approximate surface area is 101 Å². The first-order valence-corrected chi connectivity index (χ1v) is 5.76. The summed E-state index contributed by atoms with van der Waals surface area (Å²) < 4.78 is 0. The monoisotopic (exact) mass is 237 g/mol. The highest BCUT2D eigenvalue weighted by Crippen LogP contribution is 2.24. The summed E-state index contributed by atoms with van der Waals surface area (Å²) in [6.07, 6.45) is 1.92. The summed E-state index contributed by atoms with van der Waals surface area (Å²) in [5.41, 5.74) is 0.216. The Bertz CT molecular complexity index is 404. The summed E-state index contributed by atoms with van der Waals surface area (Å²) in [4.78, 5) is 13.7. The third kappa shape index (κ3) is 3.12. The number of hydrogen-bond donors (Lipinski definition) is 2. The summed E-state index contributed by atoms with van der Waals surface area (Å²) in [6, 6.07) is 4.12. The smallest absolute Gasteiger partial charge is 0.257 e. The molecule has 1 aromatic rings. The summed E-state index contributed by atoms with van der Waals surface area (Å²) in [6.45, 7) is 4.03. The van der Waals surface area contributed by atoms with Gasteiger partial charge in [0.1, 0.15) is 11.5 Å². The number of phenolic OH excluding ortho intramolecular Hbond substituents is 2. The second-order valence-corrected chi connectivity index (χ2v) is 4.26. The van der Waals surface area contributed by atoms with Crippen LogP contribution >= 0.6 is 0 Å². The molecule has 17 heavy (non-hydrogen) atoms. The van der Waals surface area contributed by atoms with Crippen LogP contribution in [0, 0.1) is 0 Å². The van der Waals surface area contributed by atoms with Crippen molar-refractivity contribution in [2.75, 3.05) is 7.05 Å². The fourth-order valence-electron chi connectivity index (χ4n) is 1.70. The highest BCUT2D eigenvalue weighted by molar-refractivity contribution is 5.97. The molecule has 1 unspecified atom stereocenters. The Hall–Kier alpha value is -1.71. The molecule has 0 aliphatic rings. The van der Waals surface area contributed by atoms with Crippen LogP contribution in [-0.4, -0.2) is 34.1 Å². The Morgan fingerprint density at radius 1 is 1.41 bits per heavy atom. The lowest BCUT2D eigenvalue weighted by Crippen LogP contribution is -2.34. The van der Waals surface area contributed by atoms with E-state index in [4.69, 9.17) is 5.11 Å². The number of rotatable bonds is 4. The number of nitrogens with zero attached hydrogens (tertiary/aromatic N) is 1. The average Bonchev–Trinajstić information content (AvgIpc) is 2.27. The zero-order chi connectivity index (χ0) is 13.0. The summed E-state index contributed by atoms with van der Waals surface area (Å²) in [5.74, 6) is -0.475. The van der Waals surface area contributed by atoms with Gasteiger partial charge in [0.25, 0.3) is 5.91 Å². The molecule has 0 aliphatic heterocycles. The average molecular weight is 237 g/mol. The maximum Gasteiger partial charge on any atom is 0.257 e. The second-order valence-electron chi connectivity index (χ2n) is 4.26. The highest BCUT2D eigenvalue weighted by atomic mass is 16.3. The van der Waals surface area contributed by atoms with Gasteiger partial charge in [-0.2, -0.15) is 0 Å². The predicted molar refractivity (Wildman–Crippen MR) is 66.2 cm³/mol. The van der Waals surface area contributed by atoms with Crippen LogP contribution in [0.3, 0.4) is 0 Å². The van der Waals surface area contributed by atoms with E-state index in [1.54, 1.807) is 11.9 Å². The van der Waals surface area contributed by atoms with Gasteiger partial charge in [-0.15, -0.1) is 0 Å². The fraction of sp³-hybridized carbons (Fsp3) is 0.462. The molecule has 2 N–H and O–H groups in total. The van der Waals surface area contributed by atoms with Gasteiger partial charge >= 0.3 is 0 Å². The van der Waals surface area contributed by atoms with Crippen molar-refractivity contribution < 1.29 is 15.0 Å². The van der Waals surface area contributed by atoms with Crippen molar-refractivity contribution in [3.63, 3.8) is 0 Å². The zero-order valence-corrected chi connectivity index (χ0v) is 10.5. The molecular weight excluding hydrogens is 218 g/mol. The first kappa shape index (κ1) is 13.4. The van der Waals surface area contributed by atoms with E-state index < -0.39 is 0 Å². The molecule has 0 aromatic heterocycles. The molecule has 0 aliphatic carbocycles. The quantitative estimate of drug-likeness (QED) is 0.845. The van der Waals surface area contributed by atoms with Gasteiger partial charge in [0.05, 0.1) is 5.56 Å². The lowest BCUT2D eigenvalue weighted by atomic mass is 10.1. The molecule has 1 rings (SSSR count). The Balaban J connectivity index is 2.88. The molecule has 0 spiro atoms. The van der Waals surface area contributed by atoms with E-state index in [2.05, 4.69) is 6.92 Å². The predicted octanol–water partition coefficient (Wildman–Crippen LogP) is 2.36. The van der Waals surface area contributed by atoms with Crippen LogP contribution in [0.2, 0.25) is 0 Å². The van der Waals surface area contributed by atoms with Crippen LogP contribution in [0.5, 0.6) is 11.5 Å². The zero-order valence-electron chi connectivity index (χ0n) is 10.5. The van der Waals surface area contributed by atoms with Crippen LogP contribution in [0.15, 0.2) is 18.2 Å². The molecule has 4 heteroatoms. The van der Waals surface area contributed by atoms with E-state index in [0.717, 1.165) is 12.8 Å². The molecule has 0 fully saturated rings. The first-order valence-electron chi connectivity index (χ1n) is 5.76. The van der Waals surface area contributed by atoms with Gasteiger partial charge in [0, 0.05) is 19.2 Å². The van der Waals surface area contributed by atoms with E-state index in [1.165, 1.54) is 18.2 Å². The van der Waals surface area contributed by atoms with Crippen molar-refractivity contribution in [3.8, 4) is 11.5 Å². The third-order valence-electron chi connectivity index (χ3n) is 2.90. The Morgan fingerprint density at radius 2 is 2.06 bits per heavy atom. The number of amides is 1. The van der Waals surface area contributed by atoms with Gasteiger partial charge in [-0.05, 0) is 25.5 Å². The van der Waals surface area contributed by atoms with E-state index in [0.29, 0.717) is 0 Å². The number of phenols is 2. The Morgan fingerprint density at radius 3 is 2.59 bits per heavy atom. The van der Waals surface area contributed by atoms with Gasteiger partial charge in [0.15, 0.2) is 0 Å². The minimum atomic E-state index is -0.233. The van der Waals surface area contributed by atoms with Crippen molar-refractivity contribution >= 4 is 5.91 Å². The SMILES string of the molecule is CCCC(C)N(C)C(=O)c1ccc(O)cc1O. The molecule has 1 atom stereocenters. The van der Waals surface area contributed by atoms with E-state index in [1.807, 2.05) is 6.92 Å².